The van der Waals surface area contributed by atoms with Crippen LogP contribution in [0.4, 0.5) is 8.78 Å². The Balaban J connectivity index is 1.97. The minimum Gasteiger partial charge on any atom is -0.313 e. The first-order chi connectivity index (χ1) is 10.2. The van der Waals surface area contributed by atoms with Crippen molar-refractivity contribution in [3.63, 3.8) is 0 Å². The van der Waals surface area contributed by atoms with Crippen molar-refractivity contribution in [1.82, 2.24) is 5.32 Å². The fourth-order valence-electron chi connectivity index (χ4n) is 2.18. The molecule has 0 aromatic heterocycles. The first-order valence-electron chi connectivity index (χ1n) is 7.04. The number of nitrogens with one attached hydrogen (secondary N) is 1. The Morgan fingerprint density at radius 1 is 1.10 bits per heavy atom. The van der Waals surface area contributed by atoms with Crippen LogP contribution in [0.1, 0.15) is 12.5 Å². The van der Waals surface area contributed by atoms with Gasteiger partial charge >= 0.3 is 0 Å². The number of halogens is 2. The summed E-state index contributed by atoms with van der Waals surface area (Å²) < 4.78 is 26.8. The van der Waals surface area contributed by atoms with E-state index in [1.807, 2.05) is 19.1 Å². The van der Waals surface area contributed by atoms with Crippen LogP contribution in [0.25, 0.3) is 0 Å². The van der Waals surface area contributed by atoms with E-state index in [2.05, 4.69) is 5.32 Å². The predicted molar refractivity (Wildman–Crippen MR) is 84.7 cm³/mol. The van der Waals surface area contributed by atoms with Gasteiger partial charge in [0, 0.05) is 16.7 Å². The van der Waals surface area contributed by atoms with E-state index in [1.165, 1.54) is 23.9 Å². The Bertz CT molecular complexity index is 574. The van der Waals surface area contributed by atoms with Crippen LogP contribution in [0.15, 0.2) is 53.4 Å². The summed E-state index contributed by atoms with van der Waals surface area (Å²) >= 11 is 1.49. The van der Waals surface area contributed by atoms with Crippen molar-refractivity contribution in [3.8, 4) is 0 Å². The molecule has 21 heavy (non-hydrogen) atoms. The molecule has 1 atom stereocenters. The van der Waals surface area contributed by atoms with Crippen LogP contribution in [0.3, 0.4) is 0 Å². The van der Waals surface area contributed by atoms with E-state index in [1.54, 1.807) is 24.3 Å². The Morgan fingerprint density at radius 2 is 1.90 bits per heavy atom. The van der Waals surface area contributed by atoms with Crippen molar-refractivity contribution in [1.29, 1.82) is 0 Å². The van der Waals surface area contributed by atoms with Crippen LogP contribution in [0, 0.1) is 11.6 Å². The van der Waals surface area contributed by atoms with Gasteiger partial charge in [-0.25, -0.2) is 8.78 Å². The van der Waals surface area contributed by atoms with Gasteiger partial charge < -0.3 is 5.32 Å². The lowest BCUT2D eigenvalue weighted by Gasteiger charge is -2.18. The number of hydrogen-bond donors (Lipinski definition) is 1. The minimum atomic E-state index is -0.218. The summed E-state index contributed by atoms with van der Waals surface area (Å²) in [6, 6.07) is 13.6. The second-order valence-electron chi connectivity index (χ2n) is 4.83. The van der Waals surface area contributed by atoms with Gasteiger partial charge in [0.2, 0.25) is 0 Å². The molecule has 2 aromatic carbocycles. The highest BCUT2D eigenvalue weighted by molar-refractivity contribution is 7.99. The standard InChI is InChI=1S/C17H19F2NS/c1-2-20-15(11-13-6-5-7-14(18)10-13)12-21-17-9-4-3-8-16(17)19/h3-10,15,20H,2,11-12H2,1H3. The quantitative estimate of drug-likeness (QED) is 0.766. The number of rotatable bonds is 7. The summed E-state index contributed by atoms with van der Waals surface area (Å²) in [5.74, 6) is 0.332. The number of likely N-dealkylation sites (N-methyl/N-ethyl adjacent to an activating group) is 1. The summed E-state index contributed by atoms with van der Waals surface area (Å²) in [6.07, 6.45) is 0.729. The van der Waals surface area contributed by atoms with Gasteiger partial charge in [0.25, 0.3) is 0 Å². The molecule has 1 N–H and O–H groups in total. The summed E-state index contributed by atoms with van der Waals surface area (Å²) in [5, 5.41) is 3.37. The fourth-order valence-corrected chi connectivity index (χ4v) is 3.18. The summed E-state index contributed by atoms with van der Waals surface area (Å²) in [7, 11) is 0. The third-order valence-electron chi connectivity index (χ3n) is 3.14. The molecule has 0 amide bonds. The van der Waals surface area contributed by atoms with Crippen LogP contribution >= 0.6 is 11.8 Å². The maximum absolute atomic E-state index is 13.6. The zero-order chi connectivity index (χ0) is 15.1. The van der Waals surface area contributed by atoms with Crippen molar-refractivity contribution in [3.05, 3.63) is 65.7 Å². The van der Waals surface area contributed by atoms with Gasteiger partial charge in [-0.1, -0.05) is 31.2 Å². The Hall–Kier alpha value is -1.39. The Morgan fingerprint density at radius 3 is 2.62 bits per heavy atom. The molecule has 1 unspecified atom stereocenters. The first-order valence-corrected chi connectivity index (χ1v) is 8.02. The van der Waals surface area contributed by atoms with Crippen LogP contribution < -0.4 is 5.32 Å². The molecule has 0 heterocycles. The summed E-state index contributed by atoms with van der Waals surface area (Å²) in [4.78, 5) is 0.652. The Labute approximate surface area is 128 Å². The average Bonchev–Trinajstić information content (AvgIpc) is 2.46. The maximum atomic E-state index is 13.6. The van der Waals surface area contributed by atoms with E-state index in [-0.39, 0.29) is 17.7 Å². The fraction of sp³-hybridized carbons (Fsp3) is 0.294. The normalized spacial score (nSPS) is 12.3. The maximum Gasteiger partial charge on any atom is 0.136 e. The molecule has 4 heteroatoms. The topological polar surface area (TPSA) is 12.0 Å². The predicted octanol–water partition coefficient (Wildman–Crippen LogP) is 4.28. The molecule has 0 saturated heterocycles. The first kappa shape index (κ1) is 16.0. The van der Waals surface area contributed by atoms with Crippen molar-refractivity contribution >= 4 is 11.8 Å². The third-order valence-corrected chi connectivity index (χ3v) is 4.35. The minimum absolute atomic E-state index is 0.182. The average molecular weight is 307 g/mol. The van der Waals surface area contributed by atoms with Gasteiger partial charge in [-0.3, -0.25) is 0 Å². The lowest BCUT2D eigenvalue weighted by atomic mass is 10.1. The lowest BCUT2D eigenvalue weighted by Crippen LogP contribution is -2.33. The molecule has 2 rings (SSSR count). The van der Waals surface area contributed by atoms with E-state index >= 15 is 0 Å². The summed E-state index contributed by atoms with van der Waals surface area (Å²) in [6.45, 7) is 2.87. The van der Waals surface area contributed by atoms with Gasteiger partial charge in [0.15, 0.2) is 0 Å². The molecule has 0 bridgehead atoms. The zero-order valence-electron chi connectivity index (χ0n) is 12.0. The van der Waals surface area contributed by atoms with E-state index in [4.69, 9.17) is 0 Å². The summed E-state index contributed by atoms with van der Waals surface area (Å²) in [5.41, 5.74) is 0.954. The highest BCUT2D eigenvalue weighted by Gasteiger charge is 2.11. The monoisotopic (exact) mass is 307 g/mol. The van der Waals surface area contributed by atoms with Gasteiger partial charge in [0.1, 0.15) is 11.6 Å². The largest absolute Gasteiger partial charge is 0.313 e. The van der Waals surface area contributed by atoms with E-state index < -0.39 is 0 Å². The van der Waals surface area contributed by atoms with Gasteiger partial charge in [-0.2, -0.15) is 0 Å². The molecule has 1 nitrogen and oxygen atoms in total. The Kier molecular flexibility index (Phi) is 6.21. The third kappa shape index (κ3) is 5.14. The van der Waals surface area contributed by atoms with Crippen LogP contribution in [0.5, 0.6) is 0 Å². The molecule has 0 saturated carbocycles. The second-order valence-corrected chi connectivity index (χ2v) is 5.89. The van der Waals surface area contributed by atoms with Gasteiger partial charge in [0.05, 0.1) is 0 Å². The number of thioether (sulfide) groups is 1. The SMILES string of the molecule is CCNC(CSc1ccccc1F)Cc1cccc(F)c1. The molecule has 0 aliphatic rings. The van der Waals surface area contributed by atoms with Crippen molar-refractivity contribution in [2.45, 2.75) is 24.3 Å². The molecule has 2 aromatic rings. The zero-order valence-corrected chi connectivity index (χ0v) is 12.8. The van der Waals surface area contributed by atoms with E-state index in [9.17, 15) is 8.78 Å². The highest BCUT2D eigenvalue weighted by Crippen LogP contribution is 2.22. The smallest absolute Gasteiger partial charge is 0.136 e. The molecular formula is C17H19F2NS. The molecule has 112 valence electrons. The number of benzene rings is 2. The van der Waals surface area contributed by atoms with E-state index in [0.29, 0.717) is 4.90 Å². The molecule has 0 radical (unpaired) electrons. The number of hydrogen-bond acceptors (Lipinski definition) is 2. The molecular weight excluding hydrogens is 288 g/mol. The van der Waals surface area contributed by atoms with Crippen LogP contribution in [0.2, 0.25) is 0 Å². The highest BCUT2D eigenvalue weighted by atomic mass is 32.2. The van der Waals surface area contributed by atoms with Gasteiger partial charge in [-0.05, 0) is 42.8 Å². The van der Waals surface area contributed by atoms with Gasteiger partial charge in [-0.15, -0.1) is 11.8 Å². The molecule has 0 fully saturated rings. The van der Waals surface area contributed by atoms with Crippen molar-refractivity contribution in [2.24, 2.45) is 0 Å². The second kappa shape index (κ2) is 8.15. The molecule has 0 spiro atoms. The van der Waals surface area contributed by atoms with Crippen molar-refractivity contribution < 1.29 is 8.78 Å². The molecule has 0 aliphatic heterocycles. The molecule has 0 aliphatic carbocycles. The van der Waals surface area contributed by atoms with E-state index in [0.717, 1.165) is 24.3 Å². The van der Waals surface area contributed by atoms with Crippen molar-refractivity contribution in [2.75, 3.05) is 12.3 Å². The van der Waals surface area contributed by atoms with Crippen LogP contribution in [-0.2, 0) is 6.42 Å². The lowest BCUT2D eigenvalue weighted by molar-refractivity contribution is 0.567. The van der Waals surface area contributed by atoms with Crippen LogP contribution in [-0.4, -0.2) is 18.3 Å².